The third-order valence-corrected chi connectivity index (χ3v) is 4.04. The Bertz CT molecular complexity index is 565. The molecule has 1 aliphatic heterocycles. The van der Waals surface area contributed by atoms with E-state index in [9.17, 15) is 0 Å². The van der Waals surface area contributed by atoms with Crippen LogP contribution in [0.2, 0.25) is 0 Å². The molecule has 3 nitrogen and oxygen atoms in total. The summed E-state index contributed by atoms with van der Waals surface area (Å²) in [6, 6.07) is 8.71. The van der Waals surface area contributed by atoms with Crippen molar-refractivity contribution in [3.8, 4) is 11.1 Å². The van der Waals surface area contributed by atoms with E-state index < -0.39 is 0 Å². The molecule has 3 rings (SSSR count). The number of nitrogens with one attached hydrogen (secondary N) is 1. The molecule has 1 N–H and O–H groups in total. The highest BCUT2D eigenvalue weighted by Gasteiger charge is 2.22. The summed E-state index contributed by atoms with van der Waals surface area (Å²) in [6.45, 7) is 4.37. The van der Waals surface area contributed by atoms with Crippen LogP contribution in [0.3, 0.4) is 0 Å². The zero-order valence-electron chi connectivity index (χ0n) is 11.7. The molecule has 1 aliphatic rings. The van der Waals surface area contributed by atoms with E-state index in [4.69, 9.17) is 0 Å². The lowest BCUT2D eigenvalue weighted by atomic mass is 9.90. The topological polar surface area (TPSA) is 29.9 Å². The first-order valence-electron chi connectivity index (χ1n) is 7.05. The normalized spacial score (nSPS) is 16.7. The Morgan fingerprint density at radius 3 is 2.79 bits per heavy atom. The number of hydrogen-bond donors (Lipinski definition) is 1. The molecule has 0 unspecified atom stereocenters. The van der Waals surface area contributed by atoms with E-state index in [1.165, 1.54) is 35.2 Å². The van der Waals surface area contributed by atoms with Gasteiger partial charge in [0, 0.05) is 24.2 Å². The predicted octanol–water partition coefficient (Wildman–Crippen LogP) is 2.86. The van der Waals surface area contributed by atoms with Crippen molar-refractivity contribution >= 4 is 0 Å². The zero-order valence-corrected chi connectivity index (χ0v) is 11.7. The third-order valence-electron chi connectivity index (χ3n) is 4.04. The van der Waals surface area contributed by atoms with Crippen molar-refractivity contribution in [2.75, 3.05) is 13.1 Å². The second-order valence-corrected chi connectivity index (χ2v) is 5.46. The first-order valence-corrected chi connectivity index (χ1v) is 7.05. The average molecular weight is 255 g/mol. The summed E-state index contributed by atoms with van der Waals surface area (Å²) in [5.74, 6) is 0.629. The lowest BCUT2D eigenvalue weighted by molar-refractivity contribution is 0.440. The Kier molecular flexibility index (Phi) is 3.38. The van der Waals surface area contributed by atoms with Gasteiger partial charge >= 0.3 is 0 Å². The number of rotatable bonds is 2. The fraction of sp³-hybridized carbons (Fsp3) is 0.438. The van der Waals surface area contributed by atoms with Crippen molar-refractivity contribution in [2.45, 2.75) is 25.7 Å². The predicted molar refractivity (Wildman–Crippen MR) is 78.2 cm³/mol. The fourth-order valence-corrected chi connectivity index (χ4v) is 3.06. The Labute approximate surface area is 114 Å². The quantitative estimate of drug-likeness (QED) is 0.894. The molecule has 0 saturated carbocycles. The summed E-state index contributed by atoms with van der Waals surface area (Å²) in [6.07, 6.45) is 4.43. The molecule has 0 radical (unpaired) electrons. The van der Waals surface area contributed by atoms with E-state index in [2.05, 4.69) is 53.3 Å². The van der Waals surface area contributed by atoms with Gasteiger partial charge in [-0.05, 0) is 38.4 Å². The number of hydrogen-bond acceptors (Lipinski definition) is 2. The molecule has 100 valence electrons. The van der Waals surface area contributed by atoms with E-state index in [0.29, 0.717) is 5.92 Å². The molecular formula is C16H21N3. The van der Waals surface area contributed by atoms with Crippen LogP contribution in [0.15, 0.2) is 30.5 Å². The van der Waals surface area contributed by atoms with Gasteiger partial charge in [0.15, 0.2) is 0 Å². The fourth-order valence-electron chi connectivity index (χ4n) is 3.06. The van der Waals surface area contributed by atoms with Crippen LogP contribution in [0.5, 0.6) is 0 Å². The van der Waals surface area contributed by atoms with Gasteiger partial charge in [0.05, 0.1) is 6.20 Å². The lowest BCUT2D eigenvalue weighted by Crippen LogP contribution is -2.27. The Morgan fingerprint density at radius 2 is 2.05 bits per heavy atom. The zero-order chi connectivity index (χ0) is 13.2. The van der Waals surface area contributed by atoms with Crippen molar-refractivity contribution in [2.24, 2.45) is 7.05 Å². The Morgan fingerprint density at radius 1 is 1.26 bits per heavy atom. The first-order chi connectivity index (χ1) is 9.25. The summed E-state index contributed by atoms with van der Waals surface area (Å²) >= 11 is 0. The van der Waals surface area contributed by atoms with Gasteiger partial charge in [-0.25, -0.2) is 0 Å². The van der Waals surface area contributed by atoms with Crippen LogP contribution in [0.25, 0.3) is 11.1 Å². The van der Waals surface area contributed by atoms with Crippen LogP contribution in [-0.4, -0.2) is 22.9 Å². The van der Waals surface area contributed by atoms with Crippen LogP contribution < -0.4 is 5.32 Å². The standard InChI is InChI=1S/C16H21N3/c1-12-4-3-5-14(10-12)15-11-18-19(2)16(15)13-6-8-17-9-7-13/h3-5,10-11,13,17H,6-9H2,1-2H3. The first kappa shape index (κ1) is 12.4. The maximum Gasteiger partial charge on any atom is 0.0571 e. The largest absolute Gasteiger partial charge is 0.317 e. The Hall–Kier alpha value is -1.61. The molecule has 1 saturated heterocycles. The second kappa shape index (κ2) is 5.17. The molecule has 0 atom stereocenters. The van der Waals surface area contributed by atoms with Crippen molar-refractivity contribution in [1.82, 2.24) is 15.1 Å². The smallest absolute Gasteiger partial charge is 0.0571 e. The second-order valence-electron chi connectivity index (χ2n) is 5.46. The van der Waals surface area contributed by atoms with Gasteiger partial charge in [-0.3, -0.25) is 4.68 Å². The van der Waals surface area contributed by atoms with Crippen LogP contribution >= 0.6 is 0 Å². The molecule has 3 heteroatoms. The van der Waals surface area contributed by atoms with Crippen molar-refractivity contribution in [3.05, 3.63) is 41.7 Å². The number of aryl methyl sites for hydroxylation is 2. The molecule has 19 heavy (non-hydrogen) atoms. The van der Waals surface area contributed by atoms with Crippen molar-refractivity contribution in [1.29, 1.82) is 0 Å². The minimum atomic E-state index is 0.629. The van der Waals surface area contributed by atoms with Crippen molar-refractivity contribution in [3.63, 3.8) is 0 Å². The molecule has 1 aromatic heterocycles. The minimum absolute atomic E-state index is 0.629. The van der Waals surface area contributed by atoms with Gasteiger partial charge in [-0.1, -0.05) is 29.8 Å². The van der Waals surface area contributed by atoms with E-state index in [0.717, 1.165) is 13.1 Å². The Balaban J connectivity index is 2.02. The van der Waals surface area contributed by atoms with Crippen LogP contribution in [0.1, 0.15) is 30.0 Å². The van der Waals surface area contributed by atoms with Crippen LogP contribution in [0.4, 0.5) is 0 Å². The van der Waals surface area contributed by atoms with Gasteiger partial charge in [0.2, 0.25) is 0 Å². The number of piperidine rings is 1. The number of benzene rings is 1. The molecule has 0 spiro atoms. The van der Waals surface area contributed by atoms with E-state index in [-0.39, 0.29) is 0 Å². The summed E-state index contributed by atoms with van der Waals surface area (Å²) in [7, 11) is 2.07. The molecule has 0 amide bonds. The molecule has 1 fully saturated rings. The third kappa shape index (κ3) is 2.43. The molecule has 2 heterocycles. The summed E-state index contributed by atoms with van der Waals surface area (Å²) in [4.78, 5) is 0. The van der Waals surface area contributed by atoms with Gasteiger partial charge in [0.1, 0.15) is 0 Å². The summed E-state index contributed by atoms with van der Waals surface area (Å²) in [5, 5.41) is 7.93. The number of nitrogens with zero attached hydrogens (tertiary/aromatic N) is 2. The molecule has 0 aliphatic carbocycles. The summed E-state index contributed by atoms with van der Waals surface area (Å²) in [5.41, 5.74) is 5.30. The number of aromatic nitrogens is 2. The maximum absolute atomic E-state index is 4.49. The molecule has 0 bridgehead atoms. The van der Waals surface area contributed by atoms with Crippen molar-refractivity contribution < 1.29 is 0 Å². The highest BCUT2D eigenvalue weighted by Crippen LogP contribution is 2.33. The van der Waals surface area contributed by atoms with Gasteiger partial charge in [-0.2, -0.15) is 5.10 Å². The minimum Gasteiger partial charge on any atom is -0.317 e. The molecular weight excluding hydrogens is 234 g/mol. The molecule has 1 aromatic carbocycles. The van der Waals surface area contributed by atoms with Crippen LogP contribution in [0, 0.1) is 6.92 Å². The SMILES string of the molecule is Cc1cccc(-c2cnn(C)c2C2CCNCC2)c1. The van der Waals surface area contributed by atoms with Gasteiger partial charge in [0.25, 0.3) is 0 Å². The van der Waals surface area contributed by atoms with E-state index in [1.54, 1.807) is 0 Å². The van der Waals surface area contributed by atoms with Gasteiger partial charge < -0.3 is 5.32 Å². The average Bonchev–Trinajstić information content (AvgIpc) is 2.82. The summed E-state index contributed by atoms with van der Waals surface area (Å²) < 4.78 is 2.06. The van der Waals surface area contributed by atoms with Gasteiger partial charge in [-0.15, -0.1) is 0 Å². The van der Waals surface area contributed by atoms with E-state index >= 15 is 0 Å². The van der Waals surface area contributed by atoms with E-state index in [1.807, 2.05) is 6.20 Å². The van der Waals surface area contributed by atoms with Crippen LogP contribution in [-0.2, 0) is 7.05 Å². The highest BCUT2D eigenvalue weighted by atomic mass is 15.3. The monoisotopic (exact) mass is 255 g/mol. The maximum atomic E-state index is 4.49. The lowest BCUT2D eigenvalue weighted by Gasteiger charge is -2.24. The highest BCUT2D eigenvalue weighted by molar-refractivity contribution is 5.66. The molecule has 2 aromatic rings.